The van der Waals surface area contributed by atoms with E-state index in [2.05, 4.69) is 35.4 Å². The number of likely N-dealkylation sites (tertiary alicyclic amines) is 1. The minimum Gasteiger partial charge on any atom is -0.303 e. The van der Waals surface area contributed by atoms with Crippen molar-refractivity contribution in [2.75, 3.05) is 25.9 Å². The zero-order chi connectivity index (χ0) is 16.8. The number of piperidine rings is 1. The molecular weight excluding hydrogens is 337 g/mol. The fourth-order valence-electron chi connectivity index (χ4n) is 3.04. The summed E-state index contributed by atoms with van der Waals surface area (Å²) in [5.74, 6) is -0.151. The van der Waals surface area contributed by atoms with Gasteiger partial charge in [-0.05, 0) is 80.6 Å². The number of rotatable bonds is 6. The third-order valence-corrected chi connectivity index (χ3v) is 6.62. The molecule has 0 atom stereocenters. The Morgan fingerprint density at radius 3 is 2.21 bits per heavy atom. The first-order valence-electron chi connectivity index (χ1n) is 8.50. The van der Waals surface area contributed by atoms with Gasteiger partial charge in [0.15, 0.2) is 0 Å². The van der Waals surface area contributed by atoms with Crippen molar-refractivity contribution in [1.82, 2.24) is 4.90 Å². The van der Waals surface area contributed by atoms with Crippen LogP contribution in [-0.4, -0.2) is 36.0 Å². The lowest BCUT2D eigenvalue weighted by molar-refractivity contribution is 0.235. The van der Waals surface area contributed by atoms with E-state index >= 15 is 0 Å². The largest absolute Gasteiger partial charge is 0.303 e. The molecule has 0 saturated carbocycles. The summed E-state index contributed by atoms with van der Waals surface area (Å²) >= 11 is 3.82. The number of halogens is 1. The van der Waals surface area contributed by atoms with Gasteiger partial charge in [-0.3, -0.25) is 0 Å². The fourth-order valence-corrected chi connectivity index (χ4v) is 4.57. The Morgan fingerprint density at radius 2 is 1.58 bits per heavy atom. The maximum absolute atomic E-state index is 12.9. The molecule has 0 spiro atoms. The maximum atomic E-state index is 12.9. The second-order valence-electron chi connectivity index (χ2n) is 6.21. The summed E-state index contributed by atoms with van der Waals surface area (Å²) in [6, 6.07) is 15.8. The van der Waals surface area contributed by atoms with Crippen molar-refractivity contribution in [3.05, 3.63) is 59.9 Å². The average Bonchev–Trinajstić information content (AvgIpc) is 2.63. The second kappa shape index (κ2) is 8.93. The molecule has 2 aromatic rings. The SMILES string of the molecule is CSc1ccc(SC2CCN(CCc3ccc(F)cc3)CC2)cc1. The lowest BCUT2D eigenvalue weighted by Gasteiger charge is -2.31. The Balaban J connectivity index is 1.41. The normalized spacial score (nSPS) is 16.4. The summed E-state index contributed by atoms with van der Waals surface area (Å²) in [5.41, 5.74) is 1.22. The van der Waals surface area contributed by atoms with Crippen LogP contribution in [0.25, 0.3) is 0 Å². The van der Waals surface area contributed by atoms with Gasteiger partial charge in [-0.15, -0.1) is 23.5 Å². The molecule has 3 rings (SSSR count). The molecule has 0 N–H and O–H groups in total. The Hall–Kier alpha value is -0.970. The molecule has 1 nitrogen and oxygen atoms in total. The zero-order valence-corrected chi connectivity index (χ0v) is 15.7. The molecule has 1 fully saturated rings. The molecule has 1 aliphatic rings. The average molecular weight is 362 g/mol. The van der Waals surface area contributed by atoms with Crippen LogP contribution in [0.3, 0.4) is 0 Å². The topological polar surface area (TPSA) is 3.24 Å². The van der Waals surface area contributed by atoms with Gasteiger partial charge in [-0.1, -0.05) is 12.1 Å². The molecular formula is C20H24FNS2. The van der Waals surface area contributed by atoms with E-state index in [9.17, 15) is 4.39 Å². The molecule has 0 aromatic heterocycles. The quantitative estimate of drug-likeness (QED) is 0.639. The molecule has 24 heavy (non-hydrogen) atoms. The van der Waals surface area contributed by atoms with E-state index < -0.39 is 0 Å². The van der Waals surface area contributed by atoms with E-state index in [-0.39, 0.29) is 5.82 Å². The van der Waals surface area contributed by atoms with Crippen molar-refractivity contribution in [3.63, 3.8) is 0 Å². The predicted molar refractivity (Wildman–Crippen MR) is 104 cm³/mol. The van der Waals surface area contributed by atoms with Gasteiger partial charge in [-0.25, -0.2) is 4.39 Å². The van der Waals surface area contributed by atoms with E-state index in [4.69, 9.17) is 0 Å². The van der Waals surface area contributed by atoms with Crippen LogP contribution in [0.2, 0.25) is 0 Å². The first-order valence-corrected chi connectivity index (χ1v) is 10.6. The highest BCUT2D eigenvalue weighted by molar-refractivity contribution is 8.00. The lowest BCUT2D eigenvalue weighted by Crippen LogP contribution is -2.36. The molecule has 128 valence electrons. The van der Waals surface area contributed by atoms with Crippen LogP contribution in [0, 0.1) is 5.82 Å². The highest BCUT2D eigenvalue weighted by Crippen LogP contribution is 2.31. The van der Waals surface area contributed by atoms with Crippen molar-refractivity contribution in [1.29, 1.82) is 0 Å². The Labute approximate surface area is 153 Å². The lowest BCUT2D eigenvalue weighted by atomic mass is 10.1. The molecule has 0 unspecified atom stereocenters. The first kappa shape index (κ1) is 17.8. The summed E-state index contributed by atoms with van der Waals surface area (Å²) in [7, 11) is 0. The predicted octanol–water partition coefficient (Wildman–Crippen LogP) is 5.35. The van der Waals surface area contributed by atoms with Crippen LogP contribution in [0.1, 0.15) is 18.4 Å². The molecule has 0 amide bonds. The molecule has 0 aliphatic carbocycles. The summed E-state index contributed by atoms with van der Waals surface area (Å²) in [6.07, 6.45) is 5.62. The summed E-state index contributed by atoms with van der Waals surface area (Å²) in [4.78, 5) is 5.25. The van der Waals surface area contributed by atoms with Crippen molar-refractivity contribution in [2.45, 2.75) is 34.3 Å². The van der Waals surface area contributed by atoms with E-state index in [0.29, 0.717) is 0 Å². The molecule has 2 aromatic carbocycles. The Bertz CT molecular complexity index is 619. The van der Waals surface area contributed by atoms with Crippen molar-refractivity contribution < 1.29 is 4.39 Å². The van der Waals surface area contributed by atoms with Crippen molar-refractivity contribution >= 4 is 23.5 Å². The van der Waals surface area contributed by atoms with Crippen LogP contribution in [0.5, 0.6) is 0 Å². The highest BCUT2D eigenvalue weighted by Gasteiger charge is 2.19. The minimum atomic E-state index is -0.151. The molecule has 1 aliphatic heterocycles. The second-order valence-corrected chi connectivity index (χ2v) is 8.46. The number of hydrogen-bond donors (Lipinski definition) is 0. The maximum Gasteiger partial charge on any atom is 0.123 e. The van der Waals surface area contributed by atoms with Gasteiger partial charge in [0.1, 0.15) is 5.82 Å². The van der Waals surface area contributed by atoms with Crippen molar-refractivity contribution in [3.8, 4) is 0 Å². The molecule has 1 heterocycles. The van der Waals surface area contributed by atoms with Gasteiger partial charge in [-0.2, -0.15) is 0 Å². The highest BCUT2D eigenvalue weighted by atomic mass is 32.2. The van der Waals surface area contributed by atoms with Crippen LogP contribution < -0.4 is 0 Å². The van der Waals surface area contributed by atoms with Crippen LogP contribution in [0.15, 0.2) is 58.3 Å². The molecule has 1 saturated heterocycles. The Kier molecular flexibility index (Phi) is 6.64. The van der Waals surface area contributed by atoms with Crippen molar-refractivity contribution in [2.24, 2.45) is 0 Å². The Morgan fingerprint density at radius 1 is 0.958 bits per heavy atom. The standard InChI is InChI=1S/C20H24FNS2/c1-23-18-6-8-19(9-7-18)24-20-11-14-22(15-12-20)13-10-16-2-4-17(21)5-3-16/h2-9,20H,10-15H2,1H3. The van der Waals surface area contributed by atoms with E-state index in [1.807, 2.05) is 23.9 Å². The third-order valence-electron chi connectivity index (χ3n) is 4.53. The number of hydrogen-bond acceptors (Lipinski definition) is 3. The van der Waals surface area contributed by atoms with Gasteiger partial charge >= 0.3 is 0 Å². The summed E-state index contributed by atoms with van der Waals surface area (Å²) in [6.45, 7) is 3.41. The zero-order valence-electron chi connectivity index (χ0n) is 14.1. The number of benzene rings is 2. The number of nitrogens with zero attached hydrogens (tertiary/aromatic N) is 1. The molecule has 4 heteroatoms. The van der Waals surface area contributed by atoms with Crippen LogP contribution >= 0.6 is 23.5 Å². The van der Waals surface area contributed by atoms with Crippen LogP contribution in [0.4, 0.5) is 4.39 Å². The monoisotopic (exact) mass is 361 g/mol. The number of thioether (sulfide) groups is 2. The van der Waals surface area contributed by atoms with Gasteiger partial charge < -0.3 is 4.90 Å². The van der Waals surface area contributed by atoms with E-state index in [1.54, 1.807) is 23.9 Å². The first-order chi connectivity index (χ1) is 11.7. The third kappa shape index (κ3) is 5.27. The molecule has 0 radical (unpaired) electrons. The molecule has 0 bridgehead atoms. The van der Waals surface area contributed by atoms with Crippen LogP contribution in [-0.2, 0) is 6.42 Å². The fraction of sp³-hybridized carbons (Fsp3) is 0.400. The summed E-state index contributed by atoms with van der Waals surface area (Å²) in [5, 5.41) is 0.729. The smallest absolute Gasteiger partial charge is 0.123 e. The van der Waals surface area contributed by atoms with E-state index in [0.717, 1.165) is 18.2 Å². The van der Waals surface area contributed by atoms with Gasteiger partial charge in [0.2, 0.25) is 0 Å². The summed E-state index contributed by atoms with van der Waals surface area (Å²) < 4.78 is 12.9. The van der Waals surface area contributed by atoms with Gasteiger partial charge in [0.05, 0.1) is 0 Å². The van der Waals surface area contributed by atoms with E-state index in [1.165, 1.54) is 41.3 Å². The van der Waals surface area contributed by atoms with Gasteiger partial charge in [0.25, 0.3) is 0 Å². The van der Waals surface area contributed by atoms with Gasteiger partial charge in [0, 0.05) is 21.6 Å². The minimum absolute atomic E-state index is 0.151.